The molecule has 0 aromatic carbocycles. The number of rotatable bonds is 10. The predicted molar refractivity (Wildman–Crippen MR) is 71.2 cm³/mol. The summed E-state index contributed by atoms with van der Waals surface area (Å²) in [6.07, 6.45) is 0.105. The van der Waals surface area contributed by atoms with Crippen LogP contribution in [0.5, 0.6) is 0 Å². The Bertz CT molecular complexity index is 340. The Morgan fingerprint density at radius 1 is 1.37 bits per heavy atom. The van der Waals surface area contributed by atoms with Gasteiger partial charge in [-0.05, 0) is 20.3 Å². The van der Waals surface area contributed by atoms with Gasteiger partial charge in [0.25, 0.3) is 0 Å². The Morgan fingerprint density at radius 3 is 2.26 bits per heavy atom. The van der Waals surface area contributed by atoms with Crippen LogP contribution < -0.4 is 5.73 Å². The van der Waals surface area contributed by atoms with Gasteiger partial charge in [-0.15, -0.1) is 0 Å². The average Bonchev–Trinajstić information content (AvgIpc) is 2.27. The van der Waals surface area contributed by atoms with Crippen molar-refractivity contribution >= 4 is 19.5 Å². The van der Waals surface area contributed by atoms with E-state index >= 15 is 0 Å². The minimum absolute atomic E-state index is 0.0443. The summed E-state index contributed by atoms with van der Waals surface area (Å²) < 4.78 is 22.5. The van der Waals surface area contributed by atoms with E-state index < -0.39 is 13.6 Å². The van der Waals surface area contributed by atoms with Gasteiger partial charge in [0.2, 0.25) is 0 Å². The van der Waals surface area contributed by atoms with Crippen LogP contribution in [-0.2, 0) is 18.4 Å². The molecule has 0 atom stereocenters. The zero-order valence-electron chi connectivity index (χ0n) is 11.3. The fourth-order valence-corrected chi connectivity index (χ4v) is 3.15. The van der Waals surface area contributed by atoms with Crippen molar-refractivity contribution in [2.45, 2.75) is 26.7 Å². The number of carbonyl (C=O) groups is 1. The molecule has 0 saturated carbocycles. The van der Waals surface area contributed by atoms with Crippen LogP contribution in [0.2, 0.25) is 0 Å². The van der Waals surface area contributed by atoms with E-state index in [1.54, 1.807) is 13.8 Å². The van der Waals surface area contributed by atoms with E-state index in [1.807, 2.05) is 0 Å². The van der Waals surface area contributed by atoms with Gasteiger partial charge in [-0.3, -0.25) is 14.8 Å². The molecule has 0 unspecified atom stereocenters. The second kappa shape index (κ2) is 8.90. The maximum absolute atomic E-state index is 12.3. The van der Waals surface area contributed by atoms with Gasteiger partial charge in [-0.25, -0.2) is 0 Å². The van der Waals surface area contributed by atoms with Crippen LogP contribution in [0.4, 0.5) is 0 Å². The molecule has 0 aromatic rings. The number of hydrogen-bond acceptors (Lipinski definition) is 5. The number of nitrogens with two attached hydrogens (primary N) is 1. The van der Waals surface area contributed by atoms with Crippen molar-refractivity contribution in [1.29, 1.82) is 5.41 Å². The van der Waals surface area contributed by atoms with Gasteiger partial charge in [0, 0.05) is 13.0 Å². The Kier molecular flexibility index (Phi) is 8.38. The summed E-state index contributed by atoms with van der Waals surface area (Å²) >= 11 is 0. The first-order chi connectivity index (χ1) is 8.84. The molecule has 0 bridgehead atoms. The van der Waals surface area contributed by atoms with Crippen LogP contribution in [0.1, 0.15) is 26.7 Å². The average molecular weight is 295 g/mol. The number of hydrogen-bond donors (Lipinski definition) is 3. The second-order valence-electron chi connectivity index (χ2n) is 3.73. The fraction of sp³-hybridized carbons (Fsp3) is 0.800. The molecule has 9 heteroatoms. The molecule has 0 amide bonds. The van der Waals surface area contributed by atoms with E-state index in [9.17, 15) is 9.36 Å². The lowest BCUT2D eigenvalue weighted by Gasteiger charge is -2.26. The van der Waals surface area contributed by atoms with Crippen LogP contribution in [0, 0.1) is 5.41 Å². The van der Waals surface area contributed by atoms with Crippen molar-refractivity contribution in [3.63, 3.8) is 0 Å². The number of guanidine groups is 1. The Labute approximate surface area is 112 Å². The Hall–Kier alpha value is -1.11. The van der Waals surface area contributed by atoms with Crippen LogP contribution in [-0.4, -0.2) is 48.0 Å². The number of carboxylic acid groups (broad SMARTS) is 1. The van der Waals surface area contributed by atoms with Crippen LogP contribution in [0.3, 0.4) is 0 Å². The van der Waals surface area contributed by atoms with Crippen molar-refractivity contribution in [2.75, 3.05) is 26.0 Å². The van der Waals surface area contributed by atoms with E-state index in [2.05, 4.69) is 0 Å². The molecule has 0 spiro atoms. The lowest BCUT2D eigenvalue weighted by atomic mass is 10.3. The fourth-order valence-electron chi connectivity index (χ4n) is 1.41. The van der Waals surface area contributed by atoms with Gasteiger partial charge in [-0.1, -0.05) is 0 Å². The van der Waals surface area contributed by atoms with Crippen LogP contribution >= 0.6 is 7.60 Å². The van der Waals surface area contributed by atoms with Gasteiger partial charge in [0.15, 0.2) is 5.96 Å². The second-order valence-corrected chi connectivity index (χ2v) is 5.75. The number of carboxylic acids is 1. The molecule has 0 heterocycles. The summed E-state index contributed by atoms with van der Waals surface area (Å²) in [5, 5.41) is 16.0. The topological polar surface area (TPSA) is 126 Å². The monoisotopic (exact) mass is 295 g/mol. The lowest BCUT2D eigenvalue weighted by Crippen LogP contribution is -2.38. The van der Waals surface area contributed by atoms with Gasteiger partial charge in [0.1, 0.15) is 6.29 Å². The molecular weight excluding hydrogens is 273 g/mol. The third-order valence-corrected chi connectivity index (χ3v) is 4.15. The summed E-state index contributed by atoms with van der Waals surface area (Å²) in [5.41, 5.74) is 5.38. The zero-order chi connectivity index (χ0) is 14.9. The molecule has 19 heavy (non-hydrogen) atoms. The van der Waals surface area contributed by atoms with E-state index in [1.165, 1.54) is 4.90 Å². The van der Waals surface area contributed by atoms with E-state index in [-0.39, 0.29) is 38.4 Å². The van der Waals surface area contributed by atoms with Gasteiger partial charge < -0.3 is 24.8 Å². The quantitative estimate of drug-likeness (QED) is 0.315. The predicted octanol–water partition coefficient (Wildman–Crippen LogP) is 1.27. The molecule has 4 N–H and O–H groups in total. The molecule has 0 aliphatic heterocycles. The van der Waals surface area contributed by atoms with Gasteiger partial charge >= 0.3 is 13.6 Å². The molecule has 0 fully saturated rings. The molecular formula is C10H22N3O5P. The number of nitrogens with zero attached hydrogens (tertiary/aromatic N) is 1. The van der Waals surface area contributed by atoms with E-state index in [4.69, 9.17) is 25.3 Å². The highest BCUT2D eigenvalue weighted by molar-refractivity contribution is 7.53. The number of nitrogens with one attached hydrogen (secondary N) is 1. The summed E-state index contributed by atoms with van der Waals surface area (Å²) in [6.45, 7) is 4.03. The summed E-state index contributed by atoms with van der Waals surface area (Å²) in [7, 11) is -3.34. The molecule has 8 nitrogen and oxygen atoms in total. The van der Waals surface area contributed by atoms with Crippen LogP contribution in [0.25, 0.3) is 0 Å². The van der Waals surface area contributed by atoms with Crippen molar-refractivity contribution in [2.24, 2.45) is 5.73 Å². The smallest absolute Gasteiger partial charge is 0.349 e. The largest absolute Gasteiger partial charge is 0.481 e. The minimum atomic E-state index is -3.34. The molecule has 0 aliphatic rings. The van der Waals surface area contributed by atoms with Crippen molar-refractivity contribution in [3.8, 4) is 0 Å². The van der Waals surface area contributed by atoms with Crippen molar-refractivity contribution in [1.82, 2.24) is 4.90 Å². The Balaban J connectivity index is 4.56. The third-order valence-electron chi connectivity index (χ3n) is 2.15. The number of aliphatic carboxylic acids is 1. The van der Waals surface area contributed by atoms with Crippen LogP contribution in [0.15, 0.2) is 0 Å². The third kappa shape index (κ3) is 7.81. The molecule has 0 aromatic heterocycles. The first kappa shape index (κ1) is 17.9. The van der Waals surface area contributed by atoms with Gasteiger partial charge in [-0.2, -0.15) is 0 Å². The zero-order valence-corrected chi connectivity index (χ0v) is 12.2. The highest BCUT2D eigenvalue weighted by Crippen LogP contribution is 2.48. The first-order valence-electron chi connectivity index (χ1n) is 6.03. The molecule has 112 valence electrons. The molecule has 0 aliphatic carbocycles. The summed E-state index contributed by atoms with van der Waals surface area (Å²) in [6, 6.07) is 0. The summed E-state index contributed by atoms with van der Waals surface area (Å²) in [5.74, 6) is -1.22. The van der Waals surface area contributed by atoms with Crippen molar-refractivity contribution in [3.05, 3.63) is 0 Å². The Morgan fingerprint density at radius 2 is 1.89 bits per heavy atom. The molecule has 0 radical (unpaired) electrons. The van der Waals surface area contributed by atoms with Crippen molar-refractivity contribution < 1.29 is 23.5 Å². The SMILES string of the molecule is CCOP(=O)(CN(CCCC(=O)O)C(=N)N)OCC. The van der Waals surface area contributed by atoms with E-state index in [0.29, 0.717) is 6.42 Å². The highest BCUT2D eigenvalue weighted by atomic mass is 31.2. The molecule has 0 saturated heterocycles. The standard InChI is InChI=1S/C10H22N3O5P/c1-3-17-19(16,18-4-2)8-13(10(11)12)7-5-6-9(14)15/h3-8H2,1-2H3,(H3,11,12)(H,14,15). The molecule has 0 rings (SSSR count). The van der Waals surface area contributed by atoms with E-state index in [0.717, 1.165) is 0 Å². The maximum Gasteiger partial charge on any atom is 0.349 e. The maximum atomic E-state index is 12.3. The minimum Gasteiger partial charge on any atom is -0.481 e. The van der Waals surface area contributed by atoms with Gasteiger partial charge in [0.05, 0.1) is 13.2 Å². The lowest BCUT2D eigenvalue weighted by molar-refractivity contribution is -0.137. The first-order valence-corrected chi connectivity index (χ1v) is 7.76. The normalized spacial score (nSPS) is 11.3. The highest BCUT2D eigenvalue weighted by Gasteiger charge is 2.27. The summed E-state index contributed by atoms with van der Waals surface area (Å²) in [4.78, 5) is 11.7.